The van der Waals surface area contributed by atoms with E-state index in [1.165, 1.54) is 25.6 Å². The minimum atomic E-state index is -0.514. The highest BCUT2D eigenvalue weighted by atomic mass is 35.5. The molecule has 0 saturated heterocycles. The SMILES string of the molecule is COc1cc2ncnc(Nc3ccc(F)c(Cl)c3)c2cc1Oc1ccc(C#CCCCCCCC(=O)NO)o1. The lowest BCUT2D eigenvalue weighted by molar-refractivity contribution is -0.129. The average molecular weight is 553 g/mol. The minimum absolute atomic E-state index is 0.00882. The number of benzene rings is 2. The standard InChI is InChI=1S/C28H26ClFN4O5/c1-37-24-16-23-20(28(32-17-31-23)33-18-10-12-22(30)21(29)14-18)15-25(24)39-27-13-11-19(38-27)8-6-4-2-3-5-7-9-26(35)34-36/h10-17,36H,2-5,7,9H2,1H3,(H,34,35)(H,31,32,33). The first-order valence-electron chi connectivity index (χ1n) is 12.2. The molecule has 3 N–H and O–H groups in total. The molecule has 0 aliphatic rings. The maximum atomic E-state index is 13.6. The number of methoxy groups -OCH3 is 1. The van der Waals surface area contributed by atoms with Crippen LogP contribution in [0.1, 0.15) is 44.3 Å². The Kier molecular flexibility index (Phi) is 9.56. The van der Waals surface area contributed by atoms with Gasteiger partial charge in [0.05, 0.1) is 17.6 Å². The number of aromatic nitrogens is 2. The Morgan fingerprint density at radius 3 is 2.74 bits per heavy atom. The van der Waals surface area contributed by atoms with Crippen molar-refractivity contribution in [2.24, 2.45) is 0 Å². The summed E-state index contributed by atoms with van der Waals surface area (Å²) in [6.07, 6.45) is 5.86. The molecular weight excluding hydrogens is 527 g/mol. The molecule has 9 nitrogen and oxygen atoms in total. The number of hydrogen-bond acceptors (Lipinski definition) is 8. The largest absolute Gasteiger partial charge is 0.493 e. The number of halogens is 2. The van der Waals surface area contributed by atoms with E-state index >= 15 is 0 Å². The average Bonchev–Trinajstić information content (AvgIpc) is 3.39. The van der Waals surface area contributed by atoms with Crippen LogP contribution in [0.3, 0.4) is 0 Å². The summed E-state index contributed by atoms with van der Waals surface area (Å²) in [6.45, 7) is 0. The van der Waals surface area contributed by atoms with Crippen molar-refractivity contribution < 1.29 is 28.3 Å². The zero-order valence-electron chi connectivity index (χ0n) is 21.1. The molecule has 0 aliphatic heterocycles. The number of unbranched alkanes of at least 4 members (excludes halogenated alkanes) is 4. The summed E-state index contributed by atoms with van der Waals surface area (Å²) in [5.41, 5.74) is 2.79. The number of ether oxygens (including phenoxy) is 2. The highest BCUT2D eigenvalue weighted by Crippen LogP contribution is 2.38. The molecule has 0 aliphatic carbocycles. The van der Waals surface area contributed by atoms with Crippen LogP contribution >= 0.6 is 11.6 Å². The van der Waals surface area contributed by atoms with E-state index in [4.69, 9.17) is 30.7 Å². The Morgan fingerprint density at radius 2 is 1.95 bits per heavy atom. The van der Waals surface area contributed by atoms with Gasteiger partial charge in [0, 0.05) is 36.0 Å². The number of hydrogen-bond donors (Lipinski definition) is 3. The summed E-state index contributed by atoms with van der Waals surface area (Å²) in [6, 6.07) is 11.1. The van der Waals surface area contributed by atoms with Crippen LogP contribution in [0.2, 0.25) is 5.02 Å². The van der Waals surface area contributed by atoms with Gasteiger partial charge in [-0.1, -0.05) is 30.4 Å². The molecule has 202 valence electrons. The van der Waals surface area contributed by atoms with Crippen molar-refractivity contribution in [3.8, 4) is 29.3 Å². The van der Waals surface area contributed by atoms with Gasteiger partial charge in [-0.15, -0.1) is 0 Å². The quantitative estimate of drug-likeness (QED) is 0.0808. The van der Waals surface area contributed by atoms with E-state index in [-0.39, 0.29) is 16.9 Å². The molecule has 4 rings (SSSR count). The van der Waals surface area contributed by atoms with Crippen LogP contribution in [0, 0.1) is 17.7 Å². The number of nitrogens with zero attached hydrogens (tertiary/aromatic N) is 2. The number of furan rings is 1. The first-order valence-corrected chi connectivity index (χ1v) is 12.6. The molecule has 0 radical (unpaired) electrons. The van der Waals surface area contributed by atoms with Gasteiger partial charge >= 0.3 is 0 Å². The molecule has 0 atom stereocenters. The summed E-state index contributed by atoms with van der Waals surface area (Å²) in [5.74, 6) is 7.16. The normalized spacial score (nSPS) is 10.6. The van der Waals surface area contributed by atoms with E-state index < -0.39 is 5.82 Å². The van der Waals surface area contributed by atoms with Crippen molar-refractivity contribution in [1.29, 1.82) is 0 Å². The third kappa shape index (κ3) is 7.60. The number of rotatable bonds is 11. The Balaban J connectivity index is 1.42. The Labute approximate surface area is 229 Å². The van der Waals surface area contributed by atoms with E-state index in [0.717, 1.165) is 25.7 Å². The van der Waals surface area contributed by atoms with Crippen molar-refractivity contribution in [2.45, 2.75) is 38.5 Å². The van der Waals surface area contributed by atoms with Gasteiger partial charge in [0.1, 0.15) is 18.0 Å². The lowest BCUT2D eigenvalue weighted by Crippen LogP contribution is -2.17. The van der Waals surface area contributed by atoms with Crippen LogP contribution in [0.4, 0.5) is 15.9 Å². The van der Waals surface area contributed by atoms with Crippen LogP contribution < -0.4 is 20.3 Å². The van der Waals surface area contributed by atoms with Gasteiger partial charge in [-0.2, -0.15) is 0 Å². The van der Waals surface area contributed by atoms with Gasteiger partial charge in [-0.3, -0.25) is 10.0 Å². The second kappa shape index (κ2) is 13.5. The Hall–Kier alpha value is -4.33. The first kappa shape index (κ1) is 27.7. The lowest BCUT2D eigenvalue weighted by atomic mass is 10.1. The van der Waals surface area contributed by atoms with Crippen molar-refractivity contribution in [3.05, 3.63) is 65.4 Å². The van der Waals surface area contributed by atoms with Crippen LogP contribution in [0.5, 0.6) is 17.4 Å². The topological polar surface area (TPSA) is 119 Å². The molecular formula is C28H26ClFN4O5. The zero-order valence-corrected chi connectivity index (χ0v) is 21.8. The van der Waals surface area contributed by atoms with Crippen LogP contribution in [0.25, 0.3) is 10.9 Å². The van der Waals surface area contributed by atoms with E-state index in [1.54, 1.807) is 35.8 Å². The van der Waals surface area contributed by atoms with Gasteiger partial charge < -0.3 is 19.2 Å². The fraction of sp³-hybridized carbons (Fsp3) is 0.250. The lowest BCUT2D eigenvalue weighted by Gasteiger charge is -2.13. The van der Waals surface area contributed by atoms with Crippen molar-refractivity contribution >= 4 is 39.9 Å². The predicted molar refractivity (Wildman–Crippen MR) is 144 cm³/mol. The monoisotopic (exact) mass is 552 g/mol. The molecule has 4 aromatic rings. The molecule has 2 heterocycles. The number of carbonyl (C=O) groups is 1. The minimum Gasteiger partial charge on any atom is -0.493 e. The van der Waals surface area contributed by atoms with E-state index in [0.29, 0.717) is 52.5 Å². The fourth-order valence-electron chi connectivity index (χ4n) is 3.72. The van der Waals surface area contributed by atoms with E-state index in [2.05, 4.69) is 27.1 Å². The van der Waals surface area contributed by atoms with Gasteiger partial charge in [0.25, 0.3) is 5.95 Å². The summed E-state index contributed by atoms with van der Waals surface area (Å²) >= 11 is 5.91. The molecule has 0 bridgehead atoms. The highest BCUT2D eigenvalue weighted by Gasteiger charge is 2.14. The molecule has 0 spiro atoms. The third-order valence-corrected chi connectivity index (χ3v) is 5.98. The summed E-state index contributed by atoms with van der Waals surface area (Å²) in [4.78, 5) is 19.6. The highest BCUT2D eigenvalue weighted by molar-refractivity contribution is 6.31. The number of amides is 1. The second-order valence-corrected chi connectivity index (χ2v) is 8.88. The molecule has 0 fully saturated rings. The number of carbonyl (C=O) groups excluding carboxylic acids is 1. The molecule has 39 heavy (non-hydrogen) atoms. The smallest absolute Gasteiger partial charge is 0.291 e. The summed E-state index contributed by atoms with van der Waals surface area (Å²) in [5, 5.41) is 12.2. The van der Waals surface area contributed by atoms with Crippen molar-refractivity contribution in [1.82, 2.24) is 15.4 Å². The number of hydroxylamine groups is 1. The summed E-state index contributed by atoms with van der Waals surface area (Å²) < 4.78 is 30.7. The molecule has 0 saturated carbocycles. The van der Waals surface area contributed by atoms with Crippen molar-refractivity contribution in [3.63, 3.8) is 0 Å². The predicted octanol–water partition coefficient (Wildman–Crippen LogP) is 6.76. The van der Waals surface area contributed by atoms with E-state index in [1.807, 2.05) is 0 Å². The van der Waals surface area contributed by atoms with Crippen LogP contribution in [-0.4, -0.2) is 28.2 Å². The Morgan fingerprint density at radius 1 is 1.10 bits per heavy atom. The van der Waals surface area contributed by atoms with Crippen LogP contribution in [-0.2, 0) is 4.79 Å². The van der Waals surface area contributed by atoms with Gasteiger partial charge in [0.2, 0.25) is 5.91 Å². The molecule has 2 aromatic heterocycles. The third-order valence-electron chi connectivity index (χ3n) is 5.69. The first-order chi connectivity index (χ1) is 19.0. The second-order valence-electron chi connectivity index (χ2n) is 8.47. The zero-order chi connectivity index (χ0) is 27.6. The Bertz CT molecular complexity index is 1520. The van der Waals surface area contributed by atoms with E-state index in [9.17, 15) is 9.18 Å². The van der Waals surface area contributed by atoms with Crippen molar-refractivity contribution in [2.75, 3.05) is 12.4 Å². The molecule has 11 heteroatoms. The fourth-order valence-corrected chi connectivity index (χ4v) is 3.90. The maximum absolute atomic E-state index is 13.6. The number of nitrogens with one attached hydrogen (secondary N) is 2. The van der Waals surface area contributed by atoms with Gasteiger partial charge in [-0.25, -0.2) is 19.8 Å². The molecule has 0 unspecified atom stereocenters. The molecule has 1 amide bonds. The maximum Gasteiger partial charge on any atom is 0.291 e. The molecule has 2 aromatic carbocycles. The number of fused-ring (bicyclic) bond motifs is 1. The van der Waals surface area contributed by atoms with Gasteiger partial charge in [-0.05, 0) is 49.1 Å². The number of anilines is 2. The van der Waals surface area contributed by atoms with Crippen LogP contribution in [0.15, 0.2) is 53.2 Å². The summed E-state index contributed by atoms with van der Waals surface area (Å²) in [7, 11) is 1.52. The van der Waals surface area contributed by atoms with Gasteiger partial charge in [0.15, 0.2) is 17.3 Å².